The molecule has 1 aromatic heterocycles. The molecule has 1 amide bonds. The smallest absolute Gasteiger partial charge is 0.234 e. The van der Waals surface area contributed by atoms with Crippen molar-refractivity contribution in [3.8, 4) is 0 Å². The van der Waals surface area contributed by atoms with E-state index < -0.39 is 0 Å². The molecule has 2 N–H and O–H groups in total. The number of furan rings is 1. The van der Waals surface area contributed by atoms with E-state index in [1.54, 1.807) is 6.26 Å². The van der Waals surface area contributed by atoms with E-state index in [4.69, 9.17) is 4.42 Å². The predicted octanol–water partition coefficient (Wildman–Crippen LogP) is 2.83. The highest BCUT2D eigenvalue weighted by Gasteiger charge is 2.28. The van der Waals surface area contributed by atoms with Crippen LogP contribution in [0.3, 0.4) is 0 Å². The standard InChI is InChI=1S/C20H26N2O3/c1-15(19-8-4-13-25-19)21-20(24)14-22(11-5-12-23)18-10-9-16-6-2-3-7-17(16)18/h2-4,6-8,13,15,18,23H,5,9-12,14H2,1H3,(H,21,24). The van der Waals surface area contributed by atoms with Crippen LogP contribution >= 0.6 is 0 Å². The molecular weight excluding hydrogens is 316 g/mol. The van der Waals surface area contributed by atoms with Crippen molar-refractivity contribution in [2.45, 2.75) is 38.3 Å². The Morgan fingerprint density at radius 1 is 1.36 bits per heavy atom. The number of hydrogen-bond donors (Lipinski definition) is 2. The molecule has 2 atom stereocenters. The highest BCUT2D eigenvalue weighted by atomic mass is 16.3. The van der Waals surface area contributed by atoms with Gasteiger partial charge in [0.2, 0.25) is 5.91 Å². The lowest BCUT2D eigenvalue weighted by atomic mass is 10.1. The van der Waals surface area contributed by atoms with Gasteiger partial charge in [-0.05, 0) is 49.4 Å². The largest absolute Gasteiger partial charge is 0.467 e. The summed E-state index contributed by atoms with van der Waals surface area (Å²) in [4.78, 5) is 14.7. The van der Waals surface area contributed by atoms with Crippen LogP contribution in [-0.2, 0) is 11.2 Å². The third-order valence-corrected chi connectivity index (χ3v) is 4.84. The number of benzene rings is 1. The highest BCUT2D eigenvalue weighted by Crippen LogP contribution is 2.35. The Labute approximate surface area is 148 Å². The average molecular weight is 342 g/mol. The maximum atomic E-state index is 12.5. The monoisotopic (exact) mass is 342 g/mol. The Kier molecular flexibility index (Phi) is 5.89. The summed E-state index contributed by atoms with van der Waals surface area (Å²) in [5.74, 6) is 0.729. The topological polar surface area (TPSA) is 65.7 Å². The molecule has 2 aromatic rings. The second-order valence-corrected chi connectivity index (χ2v) is 6.61. The molecule has 0 fully saturated rings. The quantitative estimate of drug-likeness (QED) is 0.774. The van der Waals surface area contributed by atoms with Gasteiger partial charge < -0.3 is 14.8 Å². The van der Waals surface area contributed by atoms with Gasteiger partial charge in [-0.1, -0.05) is 24.3 Å². The van der Waals surface area contributed by atoms with Crippen molar-refractivity contribution in [2.24, 2.45) is 0 Å². The van der Waals surface area contributed by atoms with Crippen molar-refractivity contribution in [3.63, 3.8) is 0 Å². The molecule has 2 unspecified atom stereocenters. The second-order valence-electron chi connectivity index (χ2n) is 6.61. The Morgan fingerprint density at radius 2 is 2.20 bits per heavy atom. The van der Waals surface area contributed by atoms with Crippen LogP contribution in [0.2, 0.25) is 0 Å². The fourth-order valence-electron chi connectivity index (χ4n) is 3.61. The number of nitrogens with one attached hydrogen (secondary N) is 1. The predicted molar refractivity (Wildman–Crippen MR) is 96.0 cm³/mol. The van der Waals surface area contributed by atoms with Crippen molar-refractivity contribution in [3.05, 3.63) is 59.5 Å². The lowest BCUT2D eigenvalue weighted by molar-refractivity contribution is -0.123. The number of carbonyl (C=O) groups excluding carboxylic acids is 1. The molecule has 25 heavy (non-hydrogen) atoms. The molecule has 5 nitrogen and oxygen atoms in total. The van der Waals surface area contributed by atoms with Crippen LogP contribution in [0, 0.1) is 0 Å². The van der Waals surface area contributed by atoms with Crippen LogP contribution in [0.4, 0.5) is 0 Å². The van der Waals surface area contributed by atoms with Gasteiger partial charge in [-0.15, -0.1) is 0 Å². The first kappa shape index (κ1) is 17.7. The minimum atomic E-state index is -0.155. The highest BCUT2D eigenvalue weighted by molar-refractivity contribution is 5.78. The summed E-state index contributed by atoms with van der Waals surface area (Å²) >= 11 is 0. The molecule has 0 saturated heterocycles. The van der Waals surface area contributed by atoms with Crippen LogP contribution in [-0.4, -0.2) is 35.6 Å². The van der Waals surface area contributed by atoms with E-state index in [1.807, 2.05) is 19.1 Å². The van der Waals surface area contributed by atoms with E-state index in [0.29, 0.717) is 19.5 Å². The minimum absolute atomic E-state index is 0.0220. The molecule has 1 aliphatic carbocycles. The lowest BCUT2D eigenvalue weighted by Gasteiger charge is -2.29. The third kappa shape index (κ3) is 4.30. The maximum Gasteiger partial charge on any atom is 0.234 e. The normalized spacial score (nSPS) is 17.5. The van der Waals surface area contributed by atoms with Gasteiger partial charge in [0.25, 0.3) is 0 Å². The molecule has 0 aliphatic heterocycles. The van der Waals surface area contributed by atoms with Gasteiger partial charge in [-0.2, -0.15) is 0 Å². The van der Waals surface area contributed by atoms with Crippen molar-refractivity contribution in [1.29, 1.82) is 0 Å². The van der Waals surface area contributed by atoms with Crippen molar-refractivity contribution in [1.82, 2.24) is 10.2 Å². The first-order valence-electron chi connectivity index (χ1n) is 8.94. The molecule has 3 rings (SSSR count). The molecular formula is C20H26N2O3. The molecule has 0 saturated carbocycles. The first-order chi connectivity index (χ1) is 12.2. The van der Waals surface area contributed by atoms with E-state index in [2.05, 4.69) is 34.5 Å². The fraction of sp³-hybridized carbons (Fsp3) is 0.450. The molecule has 1 aliphatic rings. The summed E-state index contributed by atoms with van der Waals surface area (Å²) in [5.41, 5.74) is 2.68. The summed E-state index contributed by atoms with van der Waals surface area (Å²) < 4.78 is 5.35. The molecule has 5 heteroatoms. The number of rotatable bonds is 8. The summed E-state index contributed by atoms with van der Waals surface area (Å²) in [7, 11) is 0. The number of fused-ring (bicyclic) bond motifs is 1. The van der Waals surface area contributed by atoms with Crippen molar-refractivity contribution >= 4 is 5.91 Å². The molecule has 1 heterocycles. The van der Waals surface area contributed by atoms with E-state index in [0.717, 1.165) is 18.6 Å². The zero-order valence-corrected chi connectivity index (χ0v) is 14.6. The SMILES string of the molecule is CC(NC(=O)CN(CCCO)C1CCc2ccccc21)c1ccco1. The van der Waals surface area contributed by atoms with Crippen molar-refractivity contribution < 1.29 is 14.3 Å². The number of aliphatic hydroxyl groups is 1. The number of aliphatic hydroxyl groups excluding tert-OH is 1. The Hall–Kier alpha value is -2.11. The fourth-order valence-corrected chi connectivity index (χ4v) is 3.61. The number of aryl methyl sites for hydroxylation is 1. The minimum Gasteiger partial charge on any atom is -0.467 e. The number of hydrogen-bond acceptors (Lipinski definition) is 4. The molecule has 0 radical (unpaired) electrons. The van der Waals surface area contributed by atoms with Gasteiger partial charge in [0.1, 0.15) is 5.76 Å². The number of nitrogens with zero attached hydrogens (tertiary/aromatic N) is 1. The zero-order chi connectivity index (χ0) is 17.6. The maximum absolute atomic E-state index is 12.5. The molecule has 1 aromatic carbocycles. The van der Waals surface area contributed by atoms with E-state index in [-0.39, 0.29) is 24.6 Å². The first-order valence-corrected chi connectivity index (χ1v) is 8.94. The summed E-state index contributed by atoms with van der Waals surface area (Å²) in [6, 6.07) is 12.2. The van der Waals surface area contributed by atoms with Gasteiger partial charge >= 0.3 is 0 Å². The van der Waals surface area contributed by atoms with Gasteiger partial charge in [0.05, 0.1) is 18.8 Å². The van der Waals surface area contributed by atoms with Gasteiger partial charge in [-0.3, -0.25) is 9.69 Å². The summed E-state index contributed by atoms with van der Waals surface area (Å²) in [5, 5.41) is 12.2. The van der Waals surface area contributed by atoms with Crippen LogP contribution in [0.15, 0.2) is 47.1 Å². The summed E-state index contributed by atoms with van der Waals surface area (Å²) in [6.07, 6.45) is 4.34. The van der Waals surface area contributed by atoms with E-state index in [1.165, 1.54) is 11.1 Å². The second kappa shape index (κ2) is 8.32. The van der Waals surface area contributed by atoms with Crippen LogP contribution < -0.4 is 5.32 Å². The van der Waals surface area contributed by atoms with Crippen LogP contribution in [0.5, 0.6) is 0 Å². The zero-order valence-electron chi connectivity index (χ0n) is 14.6. The molecule has 0 bridgehead atoms. The van der Waals surface area contributed by atoms with Gasteiger partial charge in [0.15, 0.2) is 0 Å². The number of carbonyl (C=O) groups is 1. The summed E-state index contributed by atoms with van der Waals surface area (Å²) in [6.45, 7) is 3.08. The Morgan fingerprint density at radius 3 is 2.96 bits per heavy atom. The third-order valence-electron chi connectivity index (χ3n) is 4.84. The van der Waals surface area contributed by atoms with E-state index >= 15 is 0 Å². The molecule has 0 spiro atoms. The van der Waals surface area contributed by atoms with Crippen LogP contribution in [0.25, 0.3) is 0 Å². The average Bonchev–Trinajstić information content (AvgIpc) is 3.28. The van der Waals surface area contributed by atoms with E-state index in [9.17, 15) is 9.90 Å². The Bertz CT molecular complexity index is 684. The van der Waals surface area contributed by atoms with Crippen molar-refractivity contribution in [2.75, 3.05) is 19.7 Å². The number of amides is 1. The Balaban J connectivity index is 1.66. The molecule has 134 valence electrons. The van der Waals surface area contributed by atoms with Gasteiger partial charge in [0, 0.05) is 19.2 Å². The lowest BCUT2D eigenvalue weighted by Crippen LogP contribution is -2.40. The van der Waals surface area contributed by atoms with Crippen LogP contribution in [0.1, 0.15) is 48.7 Å². The van der Waals surface area contributed by atoms with Gasteiger partial charge in [-0.25, -0.2) is 0 Å².